The van der Waals surface area contributed by atoms with Crippen molar-refractivity contribution in [3.05, 3.63) is 47.7 Å². The monoisotopic (exact) mass is 228 g/mol. The molecule has 2 N–H and O–H groups in total. The van der Waals surface area contributed by atoms with E-state index >= 15 is 0 Å². The summed E-state index contributed by atoms with van der Waals surface area (Å²) < 4.78 is 5.65. The second-order valence-corrected chi connectivity index (χ2v) is 3.94. The number of aryl methyl sites for hydroxylation is 2. The minimum absolute atomic E-state index is 0.570. The van der Waals surface area contributed by atoms with E-state index in [-0.39, 0.29) is 0 Å². The zero-order valence-corrected chi connectivity index (χ0v) is 10.1. The van der Waals surface area contributed by atoms with Crippen molar-refractivity contribution in [2.45, 2.75) is 20.3 Å². The van der Waals surface area contributed by atoms with Crippen LogP contribution in [0.25, 0.3) is 0 Å². The van der Waals surface area contributed by atoms with Crippen LogP contribution in [0.4, 0.5) is 5.69 Å². The molecule has 0 fully saturated rings. The maximum absolute atomic E-state index is 5.93. The fourth-order valence-corrected chi connectivity index (χ4v) is 1.60. The fourth-order valence-electron chi connectivity index (χ4n) is 1.60. The van der Waals surface area contributed by atoms with E-state index in [1.54, 1.807) is 0 Å². The molecule has 88 valence electrons. The quantitative estimate of drug-likeness (QED) is 0.820. The molecule has 0 amide bonds. The molecule has 0 aliphatic heterocycles. The molecule has 0 unspecified atom stereocenters. The van der Waals surface area contributed by atoms with Gasteiger partial charge in [0.05, 0.1) is 5.69 Å². The highest BCUT2D eigenvalue weighted by atomic mass is 16.5. The number of rotatable bonds is 3. The van der Waals surface area contributed by atoms with E-state index in [1.807, 2.05) is 43.3 Å². The number of ether oxygens (including phenoxy) is 1. The molecule has 3 nitrogen and oxygen atoms in total. The predicted octanol–water partition coefficient (Wildman–Crippen LogP) is 3.33. The molecule has 0 saturated heterocycles. The van der Waals surface area contributed by atoms with Crippen molar-refractivity contribution in [1.29, 1.82) is 0 Å². The van der Waals surface area contributed by atoms with Gasteiger partial charge in [0.25, 0.3) is 0 Å². The van der Waals surface area contributed by atoms with Gasteiger partial charge in [0, 0.05) is 11.8 Å². The number of nitrogen functional groups attached to an aromatic ring is 1. The zero-order valence-electron chi connectivity index (χ0n) is 10.1. The lowest BCUT2D eigenvalue weighted by atomic mass is 10.1. The van der Waals surface area contributed by atoms with Gasteiger partial charge in [0.15, 0.2) is 5.75 Å². The Hall–Kier alpha value is -2.03. The van der Waals surface area contributed by atoms with Crippen LogP contribution in [0.5, 0.6) is 11.6 Å². The second-order valence-electron chi connectivity index (χ2n) is 3.94. The van der Waals surface area contributed by atoms with Crippen LogP contribution in [0.15, 0.2) is 36.4 Å². The maximum Gasteiger partial charge on any atom is 0.219 e. The van der Waals surface area contributed by atoms with E-state index in [2.05, 4.69) is 11.9 Å². The number of nitrogens with zero attached hydrogens (tertiary/aromatic N) is 1. The third-order valence-corrected chi connectivity index (χ3v) is 2.56. The molecule has 2 rings (SSSR count). The first kappa shape index (κ1) is 11.5. The Balaban J connectivity index is 2.24. The van der Waals surface area contributed by atoms with Crippen molar-refractivity contribution in [1.82, 2.24) is 4.98 Å². The van der Waals surface area contributed by atoms with Crippen molar-refractivity contribution in [3.8, 4) is 11.6 Å². The standard InChI is InChI=1S/C14H16N2O/c1-3-11-7-8-13(12(15)9-11)17-14-6-4-5-10(2)16-14/h4-9H,3,15H2,1-2H3. The number of pyridine rings is 1. The molecule has 0 aliphatic carbocycles. The Labute approximate surface area is 101 Å². The van der Waals surface area contributed by atoms with Crippen molar-refractivity contribution < 1.29 is 4.74 Å². The van der Waals surface area contributed by atoms with E-state index in [0.29, 0.717) is 17.3 Å². The fraction of sp³-hybridized carbons (Fsp3) is 0.214. The SMILES string of the molecule is CCc1ccc(Oc2cccc(C)n2)c(N)c1. The molecule has 17 heavy (non-hydrogen) atoms. The largest absolute Gasteiger partial charge is 0.437 e. The number of benzene rings is 1. The highest BCUT2D eigenvalue weighted by Gasteiger charge is 2.03. The molecular formula is C14H16N2O. The van der Waals surface area contributed by atoms with Crippen LogP contribution in [0.1, 0.15) is 18.2 Å². The molecule has 1 aromatic carbocycles. The van der Waals surface area contributed by atoms with Gasteiger partial charge in [-0.2, -0.15) is 0 Å². The van der Waals surface area contributed by atoms with Gasteiger partial charge >= 0.3 is 0 Å². The molecule has 0 radical (unpaired) electrons. The summed E-state index contributed by atoms with van der Waals surface area (Å²) in [5, 5.41) is 0. The first-order valence-corrected chi connectivity index (χ1v) is 5.69. The van der Waals surface area contributed by atoms with Gasteiger partial charge < -0.3 is 10.5 Å². The van der Waals surface area contributed by atoms with Crippen LogP contribution in [-0.4, -0.2) is 4.98 Å². The van der Waals surface area contributed by atoms with E-state index in [0.717, 1.165) is 12.1 Å². The number of hydrogen-bond acceptors (Lipinski definition) is 3. The first-order chi connectivity index (χ1) is 8.19. The van der Waals surface area contributed by atoms with Crippen molar-refractivity contribution in [2.24, 2.45) is 0 Å². The average Bonchev–Trinajstić information content (AvgIpc) is 2.32. The number of nitrogens with two attached hydrogens (primary N) is 1. The Morgan fingerprint density at radius 1 is 1.24 bits per heavy atom. The summed E-state index contributed by atoms with van der Waals surface area (Å²) in [6, 6.07) is 11.5. The van der Waals surface area contributed by atoms with Crippen LogP contribution < -0.4 is 10.5 Å². The van der Waals surface area contributed by atoms with Crippen molar-refractivity contribution >= 4 is 5.69 Å². The molecule has 0 atom stereocenters. The minimum atomic E-state index is 0.570. The zero-order chi connectivity index (χ0) is 12.3. The minimum Gasteiger partial charge on any atom is -0.437 e. The molecule has 1 aromatic heterocycles. The second kappa shape index (κ2) is 4.87. The highest BCUT2D eigenvalue weighted by Crippen LogP contribution is 2.27. The van der Waals surface area contributed by atoms with Crippen LogP contribution >= 0.6 is 0 Å². The van der Waals surface area contributed by atoms with Crippen LogP contribution in [0, 0.1) is 6.92 Å². The van der Waals surface area contributed by atoms with Gasteiger partial charge in [0.2, 0.25) is 5.88 Å². The Morgan fingerprint density at radius 2 is 2.06 bits per heavy atom. The van der Waals surface area contributed by atoms with Crippen LogP contribution in [0.3, 0.4) is 0 Å². The summed E-state index contributed by atoms with van der Waals surface area (Å²) in [6.07, 6.45) is 0.965. The average molecular weight is 228 g/mol. The molecular weight excluding hydrogens is 212 g/mol. The van der Waals surface area contributed by atoms with Gasteiger partial charge in [-0.15, -0.1) is 0 Å². The van der Waals surface area contributed by atoms with E-state index in [4.69, 9.17) is 10.5 Å². The van der Waals surface area contributed by atoms with Gasteiger partial charge in [-0.3, -0.25) is 0 Å². The first-order valence-electron chi connectivity index (χ1n) is 5.69. The summed E-state index contributed by atoms with van der Waals surface area (Å²) in [4.78, 5) is 4.27. The summed E-state index contributed by atoms with van der Waals surface area (Å²) in [7, 11) is 0. The third kappa shape index (κ3) is 2.75. The lowest BCUT2D eigenvalue weighted by Gasteiger charge is -2.09. The lowest BCUT2D eigenvalue weighted by molar-refractivity contribution is 0.464. The molecule has 0 spiro atoms. The topological polar surface area (TPSA) is 48.1 Å². The summed E-state index contributed by atoms with van der Waals surface area (Å²) in [5.41, 5.74) is 8.70. The van der Waals surface area contributed by atoms with Gasteiger partial charge in [0.1, 0.15) is 0 Å². The number of aromatic nitrogens is 1. The Bertz CT molecular complexity index is 523. The van der Waals surface area contributed by atoms with Crippen LogP contribution in [0.2, 0.25) is 0 Å². The molecule has 0 saturated carbocycles. The molecule has 2 aromatic rings. The normalized spacial score (nSPS) is 10.2. The van der Waals surface area contributed by atoms with Crippen LogP contribution in [-0.2, 0) is 6.42 Å². The smallest absolute Gasteiger partial charge is 0.219 e. The number of anilines is 1. The summed E-state index contributed by atoms with van der Waals surface area (Å²) >= 11 is 0. The van der Waals surface area contributed by atoms with Crippen molar-refractivity contribution in [3.63, 3.8) is 0 Å². The highest BCUT2D eigenvalue weighted by molar-refractivity contribution is 5.55. The molecule has 0 bridgehead atoms. The Morgan fingerprint density at radius 3 is 2.71 bits per heavy atom. The summed E-state index contributed by atoms with van der Waals surface area (Å²) in [6.45, 7) is 4.02. The molecule has 0 aliphatic rings. The molecule has 1 heterocycles. The molecule has 3 heteroatoms. The summed E-state index contributed by atoms with van der Waals surface area (Å²) in [5.74, 6) is 1.22. The third-order valence-electron chi connectivity index (χ3n) is 2.56. The van der Waals surface area contributed by atoms with Gasteiger partial charge in [-0.05, 0) is 37.1 Å². The van der Waals surface area contributed by atoms with E-state index < -0.39 is 0 Å². The van der Waals surface area contributed by atoms with E-state index in [1.165, 1.54) is 5.56 Å². The van der Waals surface area contributed by atoms with Gasteiger partial charge in [-0.1, -0.05) is 19.1 Å². The van der Waals surface area contributed by atoms with E-state index in [9.17, 15) is 0 Å². The lowest BCUT2D eigenvalue weighted by Crippen LogP contribution is -1.95. The maximum atomic E-state index is 5.93. The number of hydrogen-bond donors (Lipinski definition) is 1. The van der Waals surface area contributed by atoms with Crippen molar-refractivity contribution in [2.75, 3.05) is 5.73 Å². The van der Waals surface area contributed by atoms with Gasteiger partial charge in [-0.25, -0.2) is 4.98 Å². The Kier molecular flexibility index (Phi) is 3.28. The predicted molar refractivity (Wildman–Crippen MR) is 69.3 cm³/mol.